The first-order chi connectivity index (χ1) is 15.6. The Morgan fingerprint density at radius 2 is 2.06 bits per heavy atom. The van der Waals surface area contributed by atoms with Crippen molar-refractivity contribution < 1.29 is 9.13 Å². The maximum atomic E-state index is 14.1. The number of ether oxygens (including phenoxy) is 1. The molecule has 2 N–H and O–H groups in total. The normalized spacial score (nSPS) is 20.9. The number of benzene rings is 1. The predicted molar refractivity (Wildman–Crippen MR) is 127 cm³/mol. The van der Waals surface area contributed by atoms with Crippen LogP contribution in [0, 0.1) is 12.7 Å². The summed E-state index contributed by atoms with van der Waals surface area (Å²) in [5, 5.41) is 6.97. The fraction of sp³-hybridized carbons (Fsp3) is 0.520. The molecule has 0 bridgehead atoms. The molecule has 7 heteroatoms. The van der Waals surface area contributed by atoms with Gasteiger partial charge in [0.15, 0.2) is 17.6 Å². The standard InChI is InChI=1S/C25H34FN5O/c1-3-27-24(30-20-10-14-31(17-20)23-22(26)9-6-13-28-23)29-18-25(11-15-32-16-12-25)21-8-5-4-7-19(21)2/h4-9,13,20H,3,10-12,14-18H2,1-2H3,(H2,27,29,30). The number of aryl methyl sites for hydroxylation is 1. The minimum Gasteiger partial charge on any atom is -0.381 e. The van der Waals surface area contributed by atoms with E-state index in [1.807, 2.05) is 4.90 Å². The van der Waals surface area contributed by atoms with Crippen LogP contribution in [-0.2, 0) is 10.2 Å². The summed E-state index contributed by atoms with van der Waals surface area (Å²) in [6, 6.07) is 11.9. The molecule has 32 heavy (non-hydrogen) atoms. The number of rotatable bonds is 6. The van der Waals surface area contributed by atoms with Crippen LogP contribution in [-0.4, -0.2) is 56.4 Å². The van der Waals surface area contributed by atoms with Crippen molar-refractivity contribution in [1.29, 1.82) is 0 Å². The summed E-state index contributed by atoms with van der Waals surface area (Å²) in [7, 11) is 0. The van der Waals surface area contributed by atoms with Crippen LogP contribution < -0.4 is 15.5 Å². The zero-order valence-corrected chi connectivity index (χ0v) is 19.1. The summed E-state index contributed by atoms with van der Waals surface area (Å²) in [5.41, 5.74) is 2.68. The maximum absolute atomic E-state index is 14.1. The third kappa shape index (κ3) is 5.04. The van der Waals surface area contributed by atoms with Crippen molar-refractivity contribution in [3.63, 3.8) is 0 Å². The van der Waals surface area contributed by atoms with Gasteiger partial charge in [0.25, 0.3) is 0 Å². The molecular weight excluding hydrogens is 405 g/mol. The Morgan fingerprint density at radius 3 is 2.81 bits per heavy atom. The Balaban J connectivity index is 1.48. The van der Waals surface area contributed by atoms with Gasteiger partial charge in [-0.25, -0.2) is 9.37 Å². The number of pyridine rings is 1. The number of aliphatic imine (C=N–C) groups is 1. The van der Waals surface area contributed by atoms with E-state index in [2.05, 4.69) is 53.7 Å². The van der Waals surface area contributed by atoms with E-state index in [-0.39, 0.29) is 17.3 Å². The lowest BCUT2D eigenvalue weighted by molar-refractivity contribution is 0.0529. The average molecular weight is 440 g/mol. The van der Waals surface area contributed by atoms with Crippen molar-refractivity contribution in [2.75, 3.05) is 44.3 Å². The van der Waals surface area contributed by atoms with Gasteiger partial charge in [-0.05, 0) is 56.4 Å². The lowest BCUT2D eigenvalue weighted by Gasteiger charge is -2.37. The molecule has 6 nitrogen and oxygen atoms in total. The SMILES string of the molecule is CCNC(=NCC1(c2ccccc2C)CCOCC1)NC1CCN(c2ncccc2F)C1. The monoisotopic (exact) mass is 439 g/mol. The topological polar surface area (TPSA) is 61.8 Å². The van der Waals surface area contributed by atoms with Crippen LogP contribution in [0.25, 0.3) is 0 Å². The molecule has 2 aliphatic heterocycles. The van der Waals surface area contributed by atoms with Crippen molar-refractivity contribution in [3.05, 3.63) is 59.5 Å². The number of halogens is 1. The highest BCUT2D eigenvalue weighted by molar-refractivity contribution is 5.80. The maximum Gasteiger partial charge on any atom is 0.191 e. The van der Waals surface area contributed by atoms with Gasteiger partial charge < -0.3 is 20.3 Å². The van der Waals surface area contributed by atoms with Crippen LogP contribution in [0.5, 0.6) is 0 Å². The average Bonchev–Trinajstić information content (AvgIpc) is 3.27. The van der Waals surface area contributed by atoms with E-state index in [1.54, 1.807) is 12.3 Å². The number of anilines is 1. The molecule has 0 saturated carbocycles. The minimum absolute atomic E-state index is 0.00918. The second-order valence-corrected chi connectivity index (χ2v) is 8.79. The van der Waals surface area contributed by atoms with Gasteiger partial charge in [0, 0.05) is 50.5 Å². The Kier molecular flexibility index (Phi) is 7.25. The van der Waals surface area contributed by atoms with Crippen molar-refractivity contribution in [1.82, 2.24) is 15.6 Å². The van der Waals surface area contributed by atoms with Gasteiger partial charge in [0.2, 0.25) is 0 Å². The summed E-state index contributed by atoms with van der Waals surface area (Å²) in [4.78, 5) is 11.3. The molecule has 0 spiro atoms. The fourth-order valence-corrected chi connectivity index (χ4v) is 4.87. The molecule has 0 aliphatic carbocycles. The van der Waals surface area contributed by atoms with E-state index >= 15 is 0 Å². The predicted octanol–water partition coefficient (Wildman–Crippen LogP) is 3.41. The lowest BCUT2D eigenvalue weighted by Crippen LogP contribution is -2.46. The van der Waals surface area contributed by atoms with Crippen LogP contribution in [0.15, 0.2) is 47.6 Å². The summed E-state index contributed by atoms with van der Waals surface area (Å²) in [5.74, 6) is 0.980. The first kappa shape index (κ1) is 22.5. The van der Waals surface area contributed by atoms with Gasteiger partial charge in [0.1, 0.15) is 0 Å². The van der Waals surface area contributed by atoms with Gasteiger partial charge in [0.05, 0.1) is 6.54 Å². The van der Waals surface area contributed by atoms with Gasteiger partial charge in [-0.1, -0.05) is 24.3 Å². The lowest BCUT2D eigenvalue weighted by atomic mass is 9.72. The largest absolute Gasteiger partial charge is 0.381 e. The van der Waals surface area contributed by atoms with Gasteiger partial charge in [-0.15, -0.1) is 0 Å². The van der Waals surface area contributed by atoms with Gasteiger partial charge >= 0.3 is 0 Å². The number of hydrogen-bond acceptors (Lipinski definition) is 4. The van der Waals surface area contributed by atoms with E-state index in [0.29, 0.717) is 18.9 Å². The smallest absolute Gasteiger partial charge is 0.191 e. The van der Waals surface area contributed by atoms with Crippen molar-refractivity contribution >= 4 is 11.8 Å². The zero-order chi connectivity index (χ0) is 22.4. The molecule has 2 fully saturated rings. The van der Waals surface area contributed by atoms with Crippen molar-refractivity contribution in [2.24, 2.45) is 4.99 Å². The van der Waals surface area contributed by atoms with Crippen LogP contribution in [0.3, 0.4) is 0 Å². The van der Waals surface area contributed by atoms with E-state index in [1.165, 1.54) is 17.2 Å². The highest BCUT2D eigenvalue weighted by Crippen LogP contribution is 2.37. The number of nitrogens with zero attached hydrogens (tertiary/aromatic N) is 3. The minimum atomic E-state index is -0.270. The molecular formula is C25H34FN5O. The number of nitrogens with one attached hydrogen (secondary N) is 2. The van der Waals surface area contributed by atoms with Crippen LogP contribution >= 0.6 is 0 Å². The molecule has 172 valence electrons. The van der Waals surface area contributed by atoms with Crippen LogP contribution in [0.2, 0.25) is 0 Å². The molecule has 2 saturated heterocycles. The Labute approximate surface area is 190 Å². The Morgan fingerprint density at radius 1 is 1.25 bits per heavy atom. The fourth-order valence-electron chi connectivity index (χ4n) is 4.87. The quantitative estimate of drug-likeness (QED) is 0.534. The first-order valence-corrected chi connectivity index (χ1v) is 11.7. The zero-order valence-electron chi connectivity index (χ0n) is 19.1. The molecule has 1 aromatic carbocycles. The summed E-state index contributed by atoms with van der Waals surface area (Å²) in [6.07, 6.45) is 4.49. The molecule has 0 radical (unpaired) electrons. The van der Waals surface area contributed by atoms with Gasteiger partial charge in [-0.3, -0.25) is 4.99 Å². The van der Waals surface area contributed by atoms with E-state index < -0.39 is 0 Å². The molecule has 3 heterocycles. The van der Waals surface area contributed by atoms with Crippen LogP contribution in [0.4, 0.5) is 10.2 Å². The number of aromatic nitrogens is 1. The molecule has 1 atom stereocenters. The number of guanidine groups is 1. The van der Waals surface area contributed by atoms with Crippen LogP contribution in [0.1, 0.15) is 37.3 Å². The van der Waals surface area contributed by atoms with Crippen molar-refractivity contribution in [3.8, 4) is 0 Å². The third-order valence-electron chi connectivity index (χ3n) is 6.62. The summed E-state index contributed by atoms with van der Waals surface area (Å²) in [6.45, 7) is 8.77. The summed E-state index contributed by atoms with van der Waals surface area (Å²) >= 11 is 0. The highest BCUT2D eigenvalue weighted by Gasteiger charge is 2.35. The van der Waals surface area contributed by atoms with Crippen molar-refractivity contribution in [2.45, 2.75) is 44.6 Å². The van der Waals surface area contributed by atoms with Gasteiger partial charge in [-0.2, -0.15) is 0 Å². The van der Waals surface area contributed by atoms with E-state index in [4.69, 9.17) is 9.73 Å². The highest BCUT2D eigenvalue weighted by atomic mass is 19.1. The molecule has 2 aliphatic rings. The molecule has 1 unspecified atom stereocenters. The summed E-state index contributed by atoms with van der Waals surface area (Å²) < 4.78 is 19.8. The molecule has 1 aromatic heterocycles. The van der Waals surface area contributed by atoms with E-state index in [9.17, 15) is 4.39 Å². The third-order valence-corrected chi connectivity index (χ3v) is 6.62. The molecule has 4 rings (SSSR count). The number of hydrogen-bond donors (Lipinski definition) is 2. The second kappa shape index (κ2) is 10.3. The Hall–Kier alpha value is -2.67. The first-order valence-electron chi connectivity index (χ1n) is 11.7. The molecule has 2 aromatic rings. The van der Waals surface area contributed by atoms with E-state index in [0.717, 1.165) is 51.5 Å². The Bertz CT molecular complexity index is 928. The second-order valence-electron chi connectivity index (χ2n) is 8.79. The molecule has 0 amide bonds.